The van der Waals surface area contributed by atoms with Crippen LogP contribution in [-0.4, -0.2) is 5.48 Å². The second-order valence-electron chi connectivity index (χ2n) is 3.35. The van der Waals surface area contributed by atoms with Crippen LogP contribution < -0.4 is 0 Å². The summed E-state index contributed by atoms with van der Waals surface area (Å²) in [6.07, 6.45) is 7.33. The van der Waals surface area contributed by atoms with Gasteiger partial charge in [-0.25, -0.2) is 0 Å². The average molecular weight is 323 g/mol. The first-order chi connectivity index (χ1) is 4.77. The third kappa shape index (κ3) is 13.8. The molecule has 0 aliphatic carbocycles. The van der Waals surface area contributed by atoms with E-state index >= 15 is 0 Å². The van der Waals surface area contributed by atoms with Crippen molar-refractivity contribution in [1.29, 1.82) is 0 Å². The number of rotatable bonds is 6. The van der Waals surface area contributed by atoms with Crippen molar-refractivity contribution in [3.63, 3.8) is 0 Å². The molecule has 0 bridgehead atoms. The van der Waals surface area contributed by atoms with Gasteiger partial charge >= 0.3 is 80.4 Å². The SMILES string of the molecule is CC(C)CCCCC[CH2][Hf+].[OH-]. The van der Waals surface area contributed by atoms with Crippen LogP contribution in [0.3, 0.4) is 0 Å². The maximum atomic E-state index is 2.31. The Bertz CT molecular complexity index is 64.6. The second-order valence-corrected chi connectivity index (χ2v) is 5.14. The molecule has 66 valence electrons. The first kappa shape index (κ1) is 14.4. The zero-order valence-corrected chi connectivity index (χ0v) is 11.4. The second kappa shape index (κ2) is 10.8. The van der Waals surface area contributed by atoms with E-state index < -0.39 is 0 Å². The van der Waals surface area contributed by atoms with Crippen LogP contribution >= 0.6 is 0 Å². The maximum absolute atomic E-state index is 2.31. The molecule has 0 aromatic rings. The minimum atomic E-state index is 0. The summed E-state index contributed by atoms with van der Waals surface area (Å²) >= 11 is 1.40. The van der Waals surface area contributed by atoms with Gasteiger partial charge in [0.25, 0.3) is 0 Å². The predicted octanol–water partition coefficient (Wildman–Crippen LogP) is 3.38. The van der Waals surface area contributed by atoms with Gasteiger partial charge in [-0.1, -0.05) is 0 Å². The fourth-order valence-electron chi connectivity index (χ4n) is 1.03. The molecular formula is C9H20HfO. The Balaban J connectivity index is 0. The maximum Gasteiger partial charge on any atom is -0.870 e. The van der Waals surface area contributed by atoms with Crippen molar-refractivity contribution in [1.82, 2.24) is 0 Å². The van der Waals surface area contributed by atoms with Crippen LogP contribution in [0.25, 0.3) is 0 Å². The van der Waals surface area contributed by atoms with Crippen LogP contribution in [0.5, 0.6) is 0 Å². The molecule has 0 rings (SSSR count). The van der Waals surface area contributed by atoms with Gasteiger partial charge in [0.1, 0.15) is 0 Å². The fourth-order valence-corrected chi connectivity index (χ4v) is 1.93. The van der Waals surface area contributed by atoms with Crippen molar-refractivity contribution in [3.8, 4) is 0 Å². The molecule has 0 fully saturated rings. The van der Waals surface area contributed by atoms with E-state index in [1.54, 1.807) is 0 Å². The molecule has 0 heterocycles. The molecule has 0 saturated heterocycles. The van der Waals surface area contributed by atoms with E-state index in [1.807, 2.05) is 0 Å². The Kier molecular flexibility index (Phi) is 14.1. The Morgan fingerprint density at radius 2 is 1.55 bits per heavy atom. The molecule has 1 N–H and O–H groups in total. The van der Waals surface area contributed by atoms with Gasteiger partial charge in [0.15, 0.2) is 0 Å². The van der Waals surface area contributed by atoms with Crippen LogP contribution in [0.2, 0.25) is 4.18 Å². The zero-order valence-electron chi connectivity index (χ0n) is 7.77. The van der Waals surface area contributed by atoms with E-state index in [-0.39, 0.29) is 5.48 Å². The number of hydrogen-bond donors (Lipinski definition) is 0. The molecule has 2 heteroatoms. The largest absolute Gasteiger partial charge is 0.870 e. The predicted molar refractivity (Wildman–Crippen MR) is 44.7 cm³/mol. The van der Waals surface area contributed by atoms with Crippen molar-refractivity contribution in [2.45, 2.75) is 50.1 Å². The Hall–Kier alpha value is 0.830. The summed E-state index contributed by atoms with van der Waals surface area (Å²) in [4.78, 5) is 0. The molecule has 11 heavy (non-hydrogen) atoms. The van der Waals surface area contributed by atoms with Crippen molar-refractivity contribution >= 4 is 0 Å². The monoisotopic (exact) mass is 324 g/mol. The third-order valence-electron chi connectivity index (χ3n) is 1.71. The van der Waals surface area contributed by atoms with Crippen molar-refractivity contribution in [3.05, 3.63) is 0 Å². The standard InChI is InChI=1S/C9H19.Hf.H2O/c1-4-5-6-7-8-9(2)3;;/h9H,1,4-8H2,2-3H3;;1H2/q;+1;/p-1. The van der Waals surface area contributed by atoms with Crippen LogP contribution in [0.4, 0.5) is 0 Å². The molecule has 0 radical (unpaired) electrons. The number of hydrogen-bond acceptors (Lipinski definition) is 1. The Morgan fingerprint density at radius 3 is 2.00 bits per heavy atom. The first-order valence-corrected chi connectivity index (χ1v) is 6.96. The average Bonchev–Trinajstić information content (AvgIpc) is 1.87. The molecule has 0 aromatic heterocycles. The fraction of sp³-hybridized carbons (Fsp3) is 1.00. The minimum Gasteiger partial charge on any atom is -0.870 e. The van der Waals surface area contributed by atoms with E-state index in [2.05, 4.69) is 13.8 Å². The van der Waals surface area contributed by atoms with Gasteiger partial charge in [-0.3, -0.25) is 0 Å². The summed E-state index contributed by atoms with van der Waals surface area (Å²) in [5, 5.41) is 0. The van der Waals surface area contributed by atoms with Gasteiger partial charge < -0.3 is 5.48 Å². The molecule has 1 nitrogen and oxygen atoms in total. The first-order valence-electron chi connectivity index (χ1n) is 4.42. The van der Waals surface area contributed by atoms with E-state index in [0.717, 1.165) is 5.92 Å². The number of unbranched alkanes of at least 4 members (excludes halogenated alkanes) is 3. The van der Waals surface area contributed by atoms with Gasteiger partial charge in [0.05, 0.1) is 0 Å². The summed E-state index contributed by atoms with van der Waals surface area (Å²) in [7, 11) is 0. The Labute approximate surface area is 85.8 Å². The molecule has 0 amide bonds. The van der Waals surface area contributed by atoms with Gasteiger partial charge in [0, 0.05) is 0 Å². The molecule has 0 aliphatic heterocycles. The van der Waals surface area contributed by atoms with Crippen molar-refractivity contribution < 1.29 is 29.9 Å². The Morgan fingerprint density at radius 1 is 1.00 bits per heavy atom. The van der Waals surface area contributed by atoms with Crippen molar-refractivity contribution in [2.24, 2.45) is 5.92 Å². The summed E-state index contributed by atoms with van der Waals surface area (Å²) in [5.41, 5.74) is 0. The molecule has 0 aromatic carbocycles. The summed E-state index contributed by atoms with van der Waals surface area (Å²) < 4.78 is 1.50. The normalized spacial score (nSPS) is 9.64. The zero-order chi connectivity index (χ0) is 7.82. The molecule has 0 unspecified atom stereocenters. The molecule has 0 atom stereocenters. The van der Waals surface area contributed by atoms with Crippen LogP contribution in [0, 0.1) is 5.92 Å². The quantitative estimate of drug-likeness (QED) is 0.544. The van der Waals surface area contributed by atoms with Gasteiger partial charge in [-0.05, 0) is 0 Å². The molecule has 0 spiro atoms. The van der Waals surface area contributed by atoms with Crippen molar-refractivity contribution in [2.75, 3.05) is 0 Å². The summed E-state index contributed by atoms with van der Waals surface area (Å²) in [6, 6.07) is 0. The van der Waals surface area contributed by atoms with Gasteiger partial charge in [-0.15, -0.1) is 0 Å². The van der Waals surface area contributed by atoms with E-state index in [4.69, 9.17) is 0 Å². The van der Waals surface area contributed by atoms with E-state index in [1.165, 1.54) is 60.7 Å². The van der Waals surface area contributed by atoms with Crippen LogP contribution in [-0.2, 0) is 24.4 Å². The van der Waals surface area contributed by atoms with Gasteiger partial charge in [-0.2, -0.15) is 0 Å². The van der Waals surface area contributed by atoms with E-state index in [0.29, 0.717) is 0 Å². The summed E-state index contributed by atoms with van der Waals surface area (Å²) in [5.74, 6) is 0.913. The van der Waals surface area contributed by atoms with Gasteiger partial charge in [0.2, 0.25) is 0 Å². The molecule has 0 aliphatic rings. The van der Waals surface area contributed by atoms with Crippen LogP contribution in [0.1, 0.15) is 46.0 Å². The van der Waals surface area contributed by atoms with E-state index in [9.17, 15) is 0 Å². The smallest absolute Gasteiger partial charge is 0.870 e. The molecular weight excluding hydrogens is 303 g/mol. The third-order valence-corrected chi connectivity index (χ3v) is 2.98. The topological polar surface area (TPSA) is 30.0 Å². The minimum absolute atomic E-state index is 0. The molecule has 0 saturated carbocycles. The summed E-state index contributed by atoms with van der Waals surface area (Å²) in [6.45, 7) is 4.62. The van der Waals surface area contributed by atoms with Crippen LogP contribution in [0.15, 0.2) is 0 Å².